The lowest BCUT2D eigenvalue weighted by molar-refractivity contribution is -0.116. The molecule has 0 aliphatic carbocycles. The van der Waals surface area contributed by atoms with Gasteiger partial charge in [-0.15, -0.1) is 10.2 Å². The zero-order valence-electron chi connectivity index (χ0n) is 15.1. The molecule has 7 heteroatoms. The molecule has 1 amide bonds. The quantitative estimate of drug-likeness (QED) is 0.626. The highest BCUT2D eigenvalue weighted by molar-refractivity contribution is 7.99. The molecule has 1 unspecified atom stereocenters. The third-order valence-corrected chi connectivity index (χ3v) is 5.34. The van der Waals surface area contributed by atoms with Gasteiger partial charge in [-0.05, 0) is 49.2 Å². The van der Waals surface area contributed by atoms with Crippen LogP contribution in [0.15, 0.2) is 58.2 Å². The van der Waals surface area contributed by atoms with Crippen molar-refractivity contribution in [1.29, 1.82) is 0 Å². The number of amides is 1. The maximum atomic E-state index is 12.7. The molecule has 1 atom stereocenters. The molecule has 4 rings (SSSR count). The van der Waals surface area contributed by atoms with Crippen molar-refractivity contribution < 1.29 is 13.9 Å². The van der Waals surface area contributed by atoms with Crippen molar-refractivity contribution in [3.8, 4) is 17.2 Å². The van der Waals surface area contributed by atoms with Crippen LogP contribution >= 0.6 is 11.8 Å². The maximum Gasteiger partial charge on any atom is 0.277 e. The summed E-state index contributed by atoms with van der Waals surface area (Å²) < 4.78 is 10.8. The van der Waals surface area contributed by atoms with Crippen LogP contribution in [-0.4, -0.2) is 35.0 Å². The van der Waals surface area contributed by atoms with E-state index in [-0.39, 0.29) is 17.7 Å². The molecule has 0 saturated heterocycles. The molecule has 138 valence electrons. The number of nitrogens with zero attached hydrogens (tertiary/aromatic N) is 3. The van der Waals surface area contributed by atoms with E-state index in [0.717, 1.165) is 23.4 Å². The molecule has 3 aromatic rings. The largest absolute Gasteiger partial charge is 0.497 e. The Labute approximate surface area is 161 Å². The van der Waals surface area contributed by atoms with Crippen LogP contribution in [0.5, 0.6) is 5.75 Å². The minimum absolute atomic E-state index is 0.0432. The molecule has 27 heavy (non-hydrogen) atoms. The summed E-state index contributed by atoms with van der Waals surface area (Å²) in [6.07, 6.45) is 0.884. The van der Waals surface area contributed by atoms with Crippen LogP contribution < -0.4 is 9.64 Å². The van der Waals surface area contributed by atoms with Gasteiger partial charge in [-0.3, -0.25) is 4.79 Å². The van der Waals surface area contributed by atoms with Gasteiger partial charge in [-0.1, -0.05) is 30.0 Å². The summed E-state index contributed by atoms with van der Waals surface area (Å²) in [7, 11) is 1.62. The first-order valence-corrected chi connectivity index (χ1v) is 9.65. The third kappa shape index (κ3) is 3.55. The van der Waals surface area contributed by atoms with Crippen molar-refractivity contribution in [3.05, 3.63) is 54.1 Å². The Morgan fingerprint density at radius 2 is 2.00 bits per heavy atom. The Hall–Kier alpha value is -2.80. The molecular formula is C20H19N3O3S. The second-order valence-electron chi connectivity index (χ2n) is 6.34. The van der Waals surface area contributed by atoms with Crippen molar-refractivity contribution in [3.63, 3.8) is 0 Å². The second kappa shape index (κ2) is 7.44. The Balaban J connectivity index is 1.42. The fourth-order valence-corrected chi connectivity index (χ4v) is 3.88. The van der Waals surface area contributed by atoms with Gasteiger partial charge in [0.2, 0.25) is 11.8 Å². The zero-order chi connectivity index (χ0) is 18.8. The van der Waals surface area contributed by atoms with E-state index in [1.54, 1.807) is 7.11 Å². The van der Waals surface area contributed by atoms with Gasteiger partial charge in [-0.25, -0.2) is 0 Å². The van der Waals surface area contributed by atoms with Crippen molar-refractivity contribution in [2.75, 3.05) is 17.8 Å². The second-order valence-corrected chi connectivity index (χ2v) is 7.26. The normalized spacial score (nSPS) is 15.6. The Morgan fingerprint density at radius 3 is 2.78 bits per heavy atom. The lowest BCUT2D eigenvalue weighted by atomic mass is 10.1. The van der Waals surface area contributed by atoms with Crippen molar-refractivity contribution in [2.24, 2.45) is 0 Å². The van der Waals surface area contributed by atoms with Gasteiger partial charge < -0.3 is 14.1 Å². The molecule has 6 nitrogen and oxygen atoms in total. The number of carbonyl (C=O) groups is 1. The summed E-state index contributed by atoms with van der Waals surface area (Å²) in [6, 6.07) is 15.6. The number of methoxy groups -OCH3 is 1. The first kappa shape index (κ1) is 17.6. The van der Waals surface area contributed by atoms with Gasteiger partial charge in [0.25, 0.3) is 5.22 Å². The van der Waals surface area contributed by atoms with Crippen LogP contribution in [0.25, 0.3) is 11.5 Å². The predicted octanol–water partition coefficient (Wildman–Crippen LogP) is 3.82. The Kier molecular flexibility index (Phi) is 4.85. The van der Waals surface area contributed by atoms with Gasteiger partial charge >= 0.3 is 0 Å². The fourth-order valence-electron chi connectivity index (χ4n) is 3.26. The van der Waals surface area contributed by atoms with E-state index in [0.29, 0.717) is 11.1 Å². The summed E-state index contributed by atoms with van der Waals surface area (Å²) in [5, 5.41) is 8.49. The number of rotatable bonds is 5. The lowest BCUT2D eigenvalue weighted by Gasteiger charge is -2.22. The molecule has 0 bridgehead atoms. The molecule has 0 fully saturated rings. The van der Waals surface area contributed by atoms with Crippen molar-refractivity contribution >= 4 is 23.4 Å². The van der Waals surface area contributed by atoms with E-state index in [9.17, 15) is 4.79 Å². The van der Waals surface area contributed by atoms with Crippen LogP contribution in [0.3, 0.4) is 0 Å². The SMILES string of the molecule is COc1ccc(-c2nnc(SCC(=O)N3c4ccccc4CC3C)o2)cc1. The highest BCUT2D eigenvalue weighted by Crippen LogP contribution is 2.33. The minimum Gasteiger partial charge on any atom is -0.497 e. The molecule has 2 aromatic carbocycles. The van der Waals surface area contributed by atoms with E-state index >= 15 is 0 Å². The van der Waals surface area contributed by atoms with Crippen molar-refractivity contribution in [2.45, 2.75) is 24.6 Å². The topological polar surface area (TPSA) is 68.5 Å². The molecule has 0 N–H and O–H groups in total. The molecule has 0 radical (unpaired) electrons. The summed E-state index contributed by atoms with van der Waals surface area (Å²) in [4.78, 5) is 14.6. The van der Waals surface area contributed by atoms with Crippen molar-refractivity contribution in [1.82, 2.24) is 10.2 Å². The molecular weight excluding hydrogens is 362 g/mol. The Bertz CT molecular complexity index is 955. The third-order valence-electron chi connectivity index (χ3n) is 4.54. The van der Waals surface area contributed by atoms with Crippen LogP contribution in [-0.2, 0) is 11.2 Å². The van der Waals surface area contributed by atoms with E-state index in [4.69, 9.17) is 9.15 Å². The maximum absolute atomic E-state index is 12.7. The zero-order valence-corrected chi connectivity index (χ0v) is 15.9. The van der Waals surface area contributed by atoms with E-state index in [1.165, 1.54) is 17.3 Å². The first-order valence-electron chi connectivity index (χ1n) is 8.66. The standard InChI is InChI=1S/C20H19N3O3S/c1-13-11-15-5-3-4-6-17(15)23(13)18(24)12-27-20-22-21-19(26-20)14-7-9-16(25-2)10-8-14/h3-10,13H,11-12H2,1-2H3. The van der Waals surface area contributed by atoms with Crippen LogP contribution in [0.4, 0.5) is 5.69 Å². The number of aromatic nitrogens is 2. The molecule has 2 heterocycles. The average Bonchev–Trinajstić information content (AvgIpc) is 3.30. The molecule has 0 spiro atoms. The molecule has 1 aromatic heterocycles. The summed E-state index contributed by atoms with van der Waals surface area (Å²) >= 11 is 1.26. The fraction of sp³-hybridized carbons (Fsp3) is 0.250. The highest BCUT2D eigenvalue weighted by atomic mass is 32.2. The van der Waals surface area contributed by atoms with E-state index in [2.05, 4.69) is 23.2 Å². The summed E-state index contributed by atoms with van der Waals surface area (Å²) in [5.74, 6) is 1.48. The average molecular weight is 381 g/mol. The van der Waals surface area contributed by atoms with Gasteiger partial charge in [0.15, 0.2) is 0 Å². The number of hydrogen-bond acceptors (Lipinski definition) is 6. The molecule has 1 aliphatic rings. The number of benzene rings is 2. The van der Waals surface area contributed by atoms with Gasteiger partial charge in [0, 0.05) is 17.3 Å². The molecule has 0 saturated carbocycles. The monoisotopic (exact) mass is 381 g/mol. The number of thioether (sulfide) groups is 1. The summed E-state index contributed by atoms with van der Waals surface area (Å²) in [5.41, 5.74) is 3.02. The Morgan fingerprint density at radius 1 is 1.22 bits per heavy atom. The number of para-hydroxylation sites is 1. The van der Waals surface area contributed by atoms with Gasteiger partial charge in [0.05, 0.1) is 12.9 Å². The lowest BCUT2D eigenvalue weighted by Crippen LogP contribution is -2.36. The summed E-state index contributed by atoms with van der Waals surface area (Å²) in [6.45, 7) is 2.07. The number of carbonyl (C=O) groups excluding carboxylic acids is 1. The number of ether oxygens (including phenoxy) is 1. The molecule has 1 aliphatic heterocycles. The number of fused-ring (bicyclic) bond motifs is 1. The van der Waals surface area contributed by atoms with Crippen LogP contribution in [0, 0.1) is 0 Å². The number of hydrogen-bond donors (Lipinski definition) is 0. The minimum atomic E-state index is 0.0432. The highest BCUT2D eigenvalue weighted by Gasteiger charge is 2.30. The predicted molar refractivity (Wildman–Crippen MR) is 104 cm³/mol. The van der Waals surface area contributed by atoms with Gasteiger partial charge in [-0.2, -0.15) is 0 Å². The van der Waals surface area contributed by atoms with E-state index < -0.39 is 0 Å². The smallest absolute Gasteiger partial charge is 0.277 e. The number of anilines is 1. The van der Waals surface area contributed by atoms with Crippen LogP contribution in [0.1, 0.15) is 12.5 Å². The van der Waals surface area contributed by atoms with Crippen LogP contribution in [0.2, 0.25) is 0 Å². The van der Waals surface area contributed by atoms with E-state index in [1.807, 2.05) is 47.4 Å². The first-order chi connectivity index (χ1) is 13.2. The van der Waals surface area contributed by atoms with Gasteiger partial charge in [0.1, 0.15) is 5.75 Å².